The quantitative estimate of drug-likeness (QED) is 0.779. The summed E-state index contributed by atoms with van der Waals surface area (Å²) in [5.74, 6) is 0.833. The molecule has 17 heavy (non-hydrogen) atoms. The lowest BCUT2D eigenvalue weighted by molar-refractivity contribution is 0.393. The lowest BCUT2D eigenvalue weighted by Crippen LogP contribution is -2.29. The van der Waals surface area contributed by atoms with E-state index in [-0.39, 0.29) is 6.42 Å². The Hall–Kier alpha value is -2.00. The predicted octanol–water partition coefficient (Wildman–Crippen LogP) is 2.71. The maximum absolute atomic E-state index is 9.44. The van der Waals surface area contributed by atoms with Gasteiger partial charge in [0.2, 0.25) is 0 Å². The molecule has 0 bridgehead atoms. The van der Waals surface area contributed by atoms with E-state index in [1.165, 1.54) is 0 Å². The normalized spacial score (nSPS) is 22.1. The lowest BCUT2D eigenvalue weighted by Gasteiger charge is -2.32. The number of ether oxygens (including phenoxy) is 1. The minimum atomic E-state index is -0.642. The van der Waals surface area contributed by atoms with Crippen molar-refractivity contribution in [2.45, 2.75) is 31.1 Å². The molecule has 1 aliphatic rings. The molecule has 0 radical (unpaired) electrons. The van der Waals surface area contributed by atoms with Crippen LogP contribution in [0.2, 0.25) is 0 Å². The zero-order valence-corrected chi connectivity index (χ0v) is 9.86. The van der Waals surface area contributed by atoms with Crippen LogP contribution in [0.3, 0.4) is 0 Å². The summed E-state index contributed by atoms with van der Waals surface area (Å²) in [6.45, 7) is 0. The Kier molecular flexibility index (Phi) is 3.02. The first kappa shape index (κ1) is 11.5. The van der Waals surface area contributed by atoms with Crippen molar-refractivity contribution < 1.29 is 4.74 Å². The van der Waals surface area contributed by atoms with Crippen LogP contribution < -0.4 is 4.74 Å². The molecule has 1 aromatic carbocycles. The Labute approximate surface area is 101 Å². The van der Waals surface area contributed by atoms with Gasteiger partial charge in [0.1, 0.15) is 5.75 Å². The van der Waals surface area contributed by atoms with Crippen LogP contribution in [0.15, 0.2) is 18.2 Å². The molecule has 0 saturated carbocycles. The van der Waals surface area contributed by atoms with E-state index in [9.17, 15) is 5.26 Å². The van der Waals surface area contributed by atoms with Crippen LogP contribution in [0.25, 0.3) is 0 Å². The summed E-state index contributed by atoms with van der Waals surface area (Å²) >= 11 is 0. The van der Waals surface area contributed by atoms with Crippen LogP contribution in [-0.4, -0.2) is 7.11 Å². The number of fused-ring (bicyclic) bond motifs is 1. The summed E-state index contributed by atoms with van der Waals surface area (Å²) in [6, 6.07) is 10.3. The van der Waals surface area contributed by atoms with Gasteiger partial charge in [-0.2, -0.15) is 10.5 Å². The first-order chi connectivity index (χ1) is 8.27. The Bertz CT molecular complexity index is 510. The third kappa shape index (κ3) is 1.74. The lowest BCUT2D eigenvalue weighted by atomic mass is 9.69. The van der Waals surface area contributed by atoms with Gasteiger partial charge in [-0.3, -0.25) is 0 Å². The molecule has 0 aliphatic heterocycles. The minimum Gasteiger partial charge on any atom is -0.496 e. The topological polar surface area (TPSA) is 56.8 Å². The molecule has 3 nitrogen and oxygen atoms in total. The van der Waals surface area contributed by atoms with Crippen molar-refractivity contribution in [3.8, 4) is 17.9 Å². The molecular weight excluding hydrogens is 212 g/mol. The van der Waals surface area contributed by atoms with Crippen molar-refractivity contribution in [1.29, 1.82) is 10.5 Å². The Balaban J connectivity index is 2.59. The smallest absolute Gasteiger partial charge is 0.122 e. The third-order valence-electron chi connectivity index (χ3n) is 3.49. The molecular formula is C14H14N2O. The molecule has 1 aliphatic carbocycles. The second-order valence-corrected chi connectivity index (χ2v) is 4.37. The summed E-state index contributed by atoms with van der Waals surface area (Å²) in [5, 5.41) is 18.4. The average Bonchev–Trinajstić information content (AvgIpc) is 2.38. The predicted molar refractivity (Wildman–Crippen MR) is 63.5 cm³/mol. The van der Waals surface area contributed by atoms with Gasteiger partial charge in [-0.1, -0.05) is 12.1 Å². The minimum absolute atomic E-state index is 0.254. The van der Waals surface area contributed by atoms with E-state index in [0.717, 1.165) is 36.1 Å². The number of nitriles is 2. The Morgan fingerprint density at radius 2 is 2.24 bits per heavy atom. The maximum Gasteiger partial charge on any atom is 0.122 e. The molecule has 0 amide bonds. The van der Waals surface area contributed by atoms with E-state index in [4.69, 9.17) is 10.00 Å². The van der Waals surface area contributed by atoms with Crippen LogP contribution in [0.1, 0.15) is 30.4 Å². The molecule has 86 valence electrons. The second kappa shape index (κ2) is 4.47. The molecule has 3 heteroatoms. The van der Waals surface area contributed by atoms with Gasteiger partial charge < -0.3 is 4.74 Å². The molecule has 1 aromatic rings. The second-order valence-electron chi connectivity index (χ2n) is 4.37. The highest BCUT2D eigenvalue weighted by Gasteiger charge is 2.37. The van der Waals surface area contributed by atoms with Gasteiger partial charge in [0.25, 0.3) is 0 Å². The monoisotopic (exact) mass is 226 g/mol. The van der Waals surface area contributed by atoms with Crippen molar-refractivity contribution in [3.05, 3.63) is 29.3 Å². The van der Waals surface area contributed by atoms with Crippen molar-refractivity contribution in [3.63, 3.8) is 0 Å². The van der Waals surface area contributed by atoms with Gasteiger partial charge in [-0.15, -0.1) is 0 Å². The van der Waals surface area contributed by atoms with Crippen molar-refractivity contribution >= 4 is 0 Å². The molecule has 0 spiro atoms. The molecule has 0 unspecified atom stereocenters. The number of hydrogen-bond donors (Lipinski definition) is 0. The fourth-order valence-electron chi connectivity index (χ4n) is 2.64. The van der Waals surface area contributed by atoms with Crippen LogP contribution in [0.4, 0.5) is 0 Å². The summed E-state index contributed by atoms with van der Waals surface area (Å²) in [6.07, 6.45) is 2.87. The zero-order valence-electron chi connectivity index (χ0n) is 9.86. The summed E-state index contributed by atoms with van der Waals surface area (Å²) < 4.78 is 5.34. The molecule has 0 aromatic heterocycles. The standard InChI is InChI=1S/C14H14N2O/c1-17-13-6-2-5-12-11(13)4-3-7-14(12,10-16)8-9-15/h2,5-6H,3-4,7-8H2,1H3/t14-/m0/s1. The van der Waals surface area contributed by atoms with E-state index >= 15 is 0 Å². The van der Waals surface area contributed by atoms with Gasteiger partial charge >= 0.3 is 0 Å². The molecule has 0 heterocycles. The summed E-state index contributed by atoms with van der Waals surface area (Å²) in [5.41, 5.74) is 1.43. The fraction of sp³-hybridized carbons (Fsp3) is 0.429. The van der Waals surface area contributed by atoms with E-state index < -0.39 is 5.41 Å². The van der Waals surface area contributed by atoms with Gasteiger partial charge in [0, 0.05) is 0 Å². The molecule has 0 N–H and O–H groups in total. The highest BCUT2D eigenvalue weighted by molar-refractivity contribution is 5.49. The van der Waals surface area contributed by atoms with Crippen LogP contribution in [0, 0.1) is 22.7 Å². The summed E-state index contributed by atoms with van der Waals surface area (Å²) in [7, 11) is 1.64. The highest BCUT2D eigenvalue weighted by atomic mass is 16.5. The molecule has 1 atom stereocenters. The SMILES string of the molecule is COc1cccc2c1CCC[C@@]2(C#N)CC#N. The largest absolute Gasteiger partial charge is 0.496 e. The first-order valence-electron chi connectivity index (χ1n) is 5.72. The molecule has 2 rings (SSSR count). The first-order valence-corrected chi connectivity index (χ1v) is 5.72. The van der Waals surface area contributed by atoms with E-state index in [0.29, 0.717) is 0 Å². The molecule has 0 saturated heterocycles. The number of methoxy groups -OCH3 is 1. The van der Waals surface area contributed by atoms with E-state index in [1.54, 1.807) is 7.11 Å². The zero-order chi connectivity index (χ0) is 12.3. The summed E-state index contributed by atoms with van der Waals surface area (Å²) in [4.78, 5) is 0. The maximum atomic E-state index is 9.44. The van der Waals surface area contributed by atoms with Crippen LogP contribution >= 0.6 is 0 Å². The average molecular weight is 226 g/mol. The van der Waals surface area contributed by atoms with Crippen LogP contribution in [0.5, 0.6) is 5.75 Å². The molecule has 0 fully saturated rings. The van der Waals surface area contributed by atoms with Crippen molar-refractivity contribution in [2.24, 2.45) is 0 Å². The number of rotatable bonds is 2. The van der Waals surface area contributed by atoms with Crippen molar-refractivity contribution in [2.75, 3.05) is 7.11 Å². The van der Waals surface area contributed by atoms with Crippen molar-refractivity contribution in [1.82, 2.24) is 0 Å². The van der Waals surface area contributed by atoms with E-state index in [2.05, 4.69) is 12.1 Å². The number of nitrogens with zero attached hydrogens (tertiary/aromatic N) is 2. The number of hydrogen-bond acceptors (Lipinski definition) is 3. The van der Waals surface area contributed by atoms with Gasteiger partial charge in [0.05, 0.1) is 31.1 Å². The third-order valence-corrected chi connectivity index (χ3v) is 3.49. The van der Waals surface area contributed by atoms with Gasteiger partial charge in [0.15, 0.2) is 0 Å². The van der Waals surface area contributed by atoms with Gasteiger partial charge in [-0.05, 0) is 36.5 Å². The Morgan fingerprint density at radius 1 is 1.41 bits per heavy atom. The van der Waals surface area contributed by atoms with Crippen LogP contribution in [-0.2, 0) is 11.8 Å². The van der Waals surface area contributed by atoms with E-state index in [1.807, 2.05) is 18.2 Å². The fourth-order valence-corrected chi connectivity index (χ4v) is 2.64. The highest BCUT2D eigenvalue weighted by Crippen LogP contribution is 2.42. The Morgan fingerprint density at radius 3 is 2.88 bits per heavy atom. The number of benzene rings is 1. The van der Waals surface area contributed by atoms with Gasteiger partial charge in [-0.25, -0.2) is 0 Å².